The number of benzene rings is 2. The van der Waals surface area contributed by atoms with Gasteiger partial charge >= 0.3 is 0 Å². The van der Waals surface area contributed by atoms with Crippen LogP contribution >= 0.6 is 0 Å². The lowest BCUT2D eigenvalue weighted by Gasteiger charge is -2.19. The third-order valence-corrected chi connectivity index (χ3v) is 4.24. The maximum Gasteiger partial charge on any atom is 0.243 e. The van der Waals surface area contributed by atoms with Crippen molar-refractivity contribution in [1.29, 1.82) is 0 Å². The fourth-order valence-electron chi connectivity index (χ4n) is 2.84. The summed E-state index contributed by atoms with van der Waals surface area (Å²) >= 11 is 0. The summed E-state index contributed by atoms with van der Waals surface area (Å²) in [6.07, 6.45) is -0.628. The molecule has 3 rings (SSSR count). The molecule has 27 heavy (non-hydrogen) atoms. The van der Waals surface area contributed by atoms with Crippen molar-refractivity contribution in [2.75, 3.05) is 21.3 Å². The predicted octanol–water partition coefficient (Wildman–Crippen LogP) is 3.26. The minimum absolute atomic E-state index is 0.219. The number of hydrazone groups is 1. The van der Waals surface area contributed by atoms with Crippen molar-refractivity contribution in [1.82, 2.24) is 5.01 Å². The minimum atomic E-state index is -0.628. The van der Waals surface area contributed by atoms with Crippen LogP contribution in [-0.2, 0) is 9.53 Å². The number of hydrogen-bond donors (Lipinski definition) is 0. The molecule has 2 aromatic rings. The first kappa shape index (κ1) is 18.6. The third-order valence-electron chi connectivity index (χ3n) is 4.24. The van der Waals surface area contributed by atoms with Crippen LogP contribution in [0, 0.1) is 6.92 Å². The highest BCUT2D eigenvalue weighted by molar-refractivity contribution is 5.97. The van der Waals surface area contributed by atoms with E-state index in [2.05, 4.69) is 5.10 Å². The molecule has 1 amide bonds. The smallest absolute Gasteiger partial charge is 0.243 e. The molecule has 1 aliphatic rings. The fourth-order valence-corrected chi connectivity index (χ4v) is 2.84. The number of rotatable bonds is 5. The summed E-state index contributed by atoms with van der Waals surface area (Å²) in [5, 5.41) is 5.69. The molecule has 1 aliphatic heterocycles. The number of methoxy groups -OCH3 is 3. The molecular formula is C20H22N2O5. The number of hydrogen-bond acceptors (Lipinski definition) is 6. The van der Waals surface area contributed by atoms with Crippen molar-refractivity contribution in [2.45, 2.75) is 20.1 Å². The highest BCUT2D eigenvalue weighted by atomic mass is 16.5. The normalized spacial score (nSPS) is 15.8. The second kappa shape index (κ2) is 7.57. The third kappa shape index (κ3) is 3.53. The highest BCUT2D eigenvalue weighted by Gasteiger charge is 2.33. The Kier molecular flexibility index (Phi) is 5.21. The number of amides is 1. The summed E-state index contributed by atoms with van der Waals surface area (Å²) in [6.45, 7) is 3.45. The van der Waals surface area contributed by atoms with E-state index in [0.29, 0.717) is 28.7 Å². The molecule has 0 aliphatic carbocycles. The first-order chi connectivity index (χ1) is 13.0. The first-order valence-corrected chi connectivity index (χ1v) is 8.40. The van der Waals surface area contributed by atoms with Crippen molar-refractivity contribution < 1.29 is 23.7 Å². The van der Waals surface area contributed by atoms with Crippen LogP contribution in [0.2, 0.25) is 0 Å². The van der Waals surface area contributed by atoms with Gasteiger partial charge in [0.05, 0.1) is 21.3 Å². The van der Waals surface area contributed by atoms with Gasteiger partial charge in [-0.2, -0.15) is 5.01 Å². The topological polar surface area (TPSA) is 69.6 Å². The van der Waals surface area contributed by atoms with Gasteiger partial charge in [-0.3, -0.25) is 4.79 Å². The van der Waals surface area contributed by atoms with Gasteiger partial charge in [0.1, 0.15) is 0 Å². The average Bonchev–Trinajstić information content (AvgIpc) is 3.13. The molecule has 7 nitrogen and oxygen atoms in total. The molecule has 1 unspecified atom stereocenters. The summed E-state index contributed by atoms with van der Waals surface area (Å²) in [4.78, 5) is 12.1. The van der Waals surface area contributed by atoms with Crippen LogP contribution in [0.5, 0.6) is 17.2 Å². The van der Waals surface area contributed by atoms with Crippen molar-refractivity contribution in [2.24, 2.45) is 5.10 Å². The molecule has 0 N–H and O–H groups in total. The molecule has 2 aromatic carbocycles. The Morgan fingerprint density at radius 2 is 1.63 bits per heavy atom. The maximum absolute atomic E-state index is 12.1. The fraction of sp³-hybridized carbons (Fsp3) is 0.300. The van der Waals surface area contributed by atoms with Crippen LogP contribution in [0.3, 0.4) is 0 Å². The van der Waals surface area contributed by atoms with Crippen LogP contribution in [0.4, 0.5) is 0 Å². The van der Waals surface area contributed by atoms with E-state index in [-0.39, 0.29) is 5.91 Å². The molecule has 7 heteroatoms. The van der Waals surface area contributed by atoms with Gasteiger partial charge in [-0.25, -0.2) is 0 Å². The predicted molar refractivity (Wildman–Crippen MR) is 100 cm³/mol. The maximum atomic E-state index is 12.1. The Bertz CT molecular complexity index is 851. The van der Waals surface area contributed by atoms with E-state index in [9.17, 15) is 4.79 Å². The van der Waals surface area contributed by atoms with E-state index < -0.39 is 6.23 Å². The molecule has 0 saturated carbocycles. The van der Waals surface area contributed by atoms with Gasteiger partial charge in [0.25, 0.3) is 0 Å². The Balaban J connectivity index is 2.01. The molecule has 1 heterocycles. The van der Waals surface area contributed by atoms with Gasteiger partial charge in [0.15, 0.2) is 11.5 Å². The number of carbonyl (C=O) groups is 1. The van der Waals surface area contributed by atoms with Crippen molar-refractivity contribution in [3.8, 4) is 17.2 Å². The molecular weight excluding hydrogens is 348 g/mol. The zero-order valence-corrected chi connectivity index (χ0v) is 16.0. The molecule has 1 atom stereocenters. The van der Waals surface area contributed by atoms with E-state index in [1.165, 1.54) is 33.3 Å². The van der Waals surface area contributed by atoms with E-state index in [4.69, 9.17) is 18.9 Å². The average molecular weight is 370 g/mol. The Morgan fingerprint density at radius 3 is 2.11 bits per heavy atom. The van der Waals surface area contributed by atoms with Gasteiger partial charge in [-0.05, 0) is 19.1 Å². The van der Waals surface area contributed by atoms with Crippen LogP contribution in [-0.4, -0.2) is 38.1 Å². The SMILES string of the molecule is COc1cc(C2=NN(C(C)=O)C(c3ccc(C)cc3)O2)cc(OC)c1OC. The lowest BCUT2D eigenvalue weighted by Crippen LogP contribution is -2.25. The molecule has 0 saturated heterocycles. The Morgan fingerprint density at radius 1 is 1.04 bits per heavy atom. The van der Waals surface area contributed by atoms with Crippen molar-refractivity contribution >= 4 is 11.8 Å². The first-order valence-electron chi connectivity index (χ1n) is 8.40. The van der Waals surface area contributed by atoms with E-state index in [1.54, 1.807) is 12.1 Å². The van der Waals surface area contributed by atoms with E-state index >= 15 is 0 Å². The highest BCUT2D eigenvalue weighted by Crippen LogP contribution is 2.40. The molecule has 0 fully saturated rings. The standard InChI is InChI=1S/C20H22N2O5/c1-12-6-8-14(9-7-12)20-22(13(2)23)21-19(27-20)15-10-16(24-3)18(26-5)17(11-15)25-4/h6-11,20H,1-5H3. The number of nitrogens with zero attached hydrogens (tertiary/aromatic N) is 2. The van der Waals surface area contributed by atoms with Crippen LogP contribution < -0.4 is 14.2 Å². The molecule has 0 radical (unpaired) electrons. The van der Waals surface area contributed by atoms with Gasteiger partial charge in [0, 0.05) is 18.1 Å². The second-order valence-corrected chi connectivity index (χ2v) is 6.06. The second-order valence-electron chi connectivity index (χ2n) is 6.06. The van der Waals surface area contributed by atoms with E-state index in [1.807, 2.05) is 31.2 Å². The lowest BCUT2D eigenvalue weighted by atomic mass is 10.1. The Labute approximate surface area is 158 Å². The van der Waals surface area contributed by atoms with Gasteiger partial charge in [-0.15, -0.1) is 5.10 Å². The van der Waals surface area contributed by atoms with Gasteiger partial charge < -0.3 is 18.9 Å². The van der Waals surface area contributed by atoms with Gasteiger partial charge in [-0.1, -0.05) is 29.8 Å². The van der Waals surface area contributed by atoms with Crippen LogP contribution in [0.1, 0.15) is 29.8 Å². The summed E-state index contributed by atoms with van der Waals surface area (Å²) in [7, 11) is 4.61. The molecule has 0 bridgehead atoms. The van der Waals surface area contributed by atoms with Crippen LogP contribution in [0.15, 0.2) is 41.5 Å². The van der Waals surface area contributed by atoms with Crippen molar-refractivity contribution in [3.05, 3.63) is 53.1 Å². The molecule has 142 valence electrons. The number of aryl methyl sites for hydroxylation is 1. The zero-order valence-electron chi connectivity index (χ0n) is 16.0. The van der Waals surface area contributed by atoms with Gasteiger partial charge in [0.2, 0.25) is 23.8 Å². The summed E-state index contributed by atoms with van der Waals surface area (Å²) in [6, 6.07) is 11.2. The molecule has 0 spiro atoms. The largest absolute Gasteiger partial charge is 0.493 e. The van der Waals surface area contributed by atoms with E-state index in [0.717, 1.165) is 11.1 Å². The Hall–Kier alpha value is -3.22. The van der Waals surface area contributed by atoms with Crippen molar-refractivity contribution in [3.63, 3.8) is 0 Å². The summed E-state index contributed by atoms with van der Waals surface area (Å²) in [5.41, 5.74) is 2.57. The monoisotopic (exact) mass is 370 g/mol. The number of carbonyl (C=O) groups excluding carboxylic acids is 1. The van der Waals surface area contributed by atoms with Crippen LogP contribution in [0.25, 0.3) is 0 Å². The summed E-state index contributed by atoms with van der Waals surface area (Å²) < 4.78 is 22.1. The summed E-state index contributed by atoms with van der Waals surface area (Å²) in [5.74, 6) is 1.51. The lowest BCUT2D eigenvalue weighted by molar-refractivity contribution is -0.135. The molecule has 0 aromatic heterocycles. The quantitative estimate of drug-likeness (QED) is 0.808. The minimum Gasteiger partial charge on any atom is -0.493 e. The number of ether oxygens (including phenoxy) is 4. The zero-order chi connectivity index (χ0) is 19.6.